The van der Waals surface area contributed by atoms with E-state index in [1.54, 1.807) is 0 Å². The fraction of sp³-hybridized carbons (Fsp3) is 0. The lowest BCUT2D eigenvalue weighted by molar-refractivity contribution is 1.27. The standard InChI is InChI=1S/C48H32N2S/c1-3-18-38(19-4-1)49(40-26-23-33-13-7-9-16-36(33)29-40)42-31-45(47-44-28-25-35-15-11-12-22-43(35)48(44)51-46(47)32-42)50(39-20-5-2-6-21-39)41-27-24-34-14-8-10-17-37(34)30-41/h1-32H. The van der Waals surface area contributed by atoms with Crippen LogP contribution in [0.25, 0.3) is 52.5 Å². The molecule has 3 heteroatoms. The molecule has 0 atom stereocenters. The first-order chi connectivity index (χ1) is 25.3. The second-order valence-corrected chi connectivity index (χ2v) is 14.1. The molecule has 2 nitrogen and oxygen atoms in total. The van der Waals surface area contributed by atoms with Gasteiger partial charge in [0, 0.05) is 48.6 Å². The van der Waals surface area contributed by atoms with Crippen molar-refractivity contribution in [2.45, 2.75) is 0 Å². The molecule has 0 fully saturated rings. The lowest BCUT2D eigenvalue weighted by Crippen LogP contribution is -2.13. The molecule has 10 rings (SSSR count). The van der Waals surface area contributed by atoms with Gasteiger partial charge in [0.05, 0.1) is 5.69 Å². The molecule has 1 aromatic heterocycles. The summed E-state index contributed by atoms with van der Waals surface area (Å²) in [4.78, 5) is 4.85. The van der Waals surface area contributed by atoms with Crippen LogP contribution in [0.3, 0.4) is 0 Å². The number of thiophene rings is 1. The van der Waals surface area contributed by atoms with Crippen LogP contribution < -0.4 is 9.80 Å². The zero-order valence-electron chi connectivity index (χ0n) is 27.8. The Bertz CT molecular complexity index is 2880. The Morgan fingerprint density at radius 3 is 1.47 bits per heavy atom. The van der Waals surface area contributed by atoms with Gasteiger partial charge in [0.15, 0.2) is 0 Å². The van der Waals surface area contributed by atoms with Gasteiger partial charge < -0.3 is 9.80 Å². The van der Waals surface area contributed by atoms with Crippen LogP contribution in [0.5, 0.6) is 0 Å². The molecule has 51 heavy (non-hydrogen) atoms. The van der Waals surface area contributed by atoms with Gasteiger partial charge in [-0.1, -0.05) is 133 Å². The highest BCUT2D eigenvalue weighted by Crippen LogP contribution is 2.50. The molecular formula is C48H32N2S. The molecular weight excluding hydrogens is 637 g/mol. The topological polar surface area (TPSA) is 6.48 Å². The number of nitrogens with zero attached hydrogens (tertiary/aromatic N) is 2. The van der Waals surface area contributed by atoms with Crippen LogP contribution in [0.2, 0.25) is 0 Å². The average molecular weight is 669 g/mol. The lowest BCUT2D eigenvalue weighted by Gasteiger charge is -2.30. The lowest BCUT2D eigenvalue weighted by atomic mass is 10.0. The van der Waals surface area contributed by atoms with Crippen molar-refractivity contribution in [2.75, 3.05) is 9.80 Å². The van der Waals surface area contributed by atoms with Crippen LogP contribution >= 0.6 is 11.3 Å². The van der Waals surface area contributed by atoms with E-state index in [4.69, 9.17) is 0 Å². The molecule has 0 aliphatic rings. The smallest absolute Gasteiger partial charge is 0.0575 e. The second kappa shape index (κ2) is 12.2. The fourth-order valence-corrected chi connectivity index (χ4v) is 8.86. The average Bonchev–Trinajstić information content (AvgIpc) is 3.58. The van der Waals surface area contributed by atoms with Crippen LogP contribution in [-0.4, -0.2) is 0 Å². The highest BCUT2D eigenvalue weighted by Gasteiger charge is 2.23. The number of para-hydroxylation sites is 2. The number of rotatable bonds is 6. The Morgan fingerprint density at radius 2 is 0.824 bits per heavy atom. The molecule has 1 heterocycles. The van der Waals surface area contributed by atoms with E-state index in [1.807, 2.05) is 11.3 Å². The Labute approximate surface area is 300 Å². The predicted molar refractivity (Wildman–Crippen MR) is 221 cm³/mol. The molecule has 0 radical (unpaired) electrons. The summed E-state index contributed by atoms with van der Waals surface area (Å²) in [6.45, 7) is 0. The summed E-state index contributed by atoms with van der Waals surface area (Å²) in [6.07, 6.45) is 0. The Morgan fingerprint density at radius 1 is 0.314 bits per heavy atom. The fourth-order valence-electron chi connectivity index (χ4n) is 7.56. The molecule has 0 amide bonds. The molecule has 0 aliphatic heterocycles. The number of anilines is 6. The van der Waals surface area contributed by atoms with Crippen molar-refractivity contribution in [3.8, 4) is 0 Å². The van der Waals surface area contributed by atoms with Gasteiger partial charge in [-0.2, -0.15) is 0 Å². The van der Waals surface area contributed by atoms with Crippen molar-refractivity contribution in [3.05, 3.63) is 194 Å². The molecule has 240 valence electrons. The maximum absolute atomic E-state index is 2.45. The van der Waals surface area contributed by atoms with Crippen molar-refractivity contribution >= 4 is 98.0 Å². The first-order valence-electron chi connectivity index (χ1n) is 17.3. The molecule has 9 aromatic carbocycles. The van der Waals surface area contributed by atoms with E-state index < -0.39 is 0 Å². The van der Waals surface area contributed by atoms with Crippen molar-refractivity contribution < 1.29 is 0 Å². The predicted octanol–water partition coefficient (Wildman–Crippen LogP) is 14.5. The van der Waals surface area contributed by atoms with E-state index in [1.165, 1.54) is 52.5 Å². The van der Waals surface area contributed by atoms with Gasteiger partial charge in [-0.05, 0) is 93.0 Å². The van der Waals surface area contributed by atoms with Gasteiger partial charge in [0.1, 0.15) is 0 Å². The largest absolute Gasteiger partial charge is 0.310 e. The van der Waals surface area contributed by atoms with Crippen LogP contribution in [0.15, 0.2) is 194 Å². The van der Waals surface area contributed by atoms with E-state index >= 15 is 0 Å². The second-order valence-electron chi connectivity index (χ2n) is 13.0. The van der Waals surface area contributed by atoms with E-state index in [0.29, 0.717) is 0 Å². The summed E-state index contributed by atoms with van der Waals surface area (Å²) in [5.41, 5.74) is 6.72. The van der Waals surface area contributed by atoms with Gasteiger partial charge >= 0.3 is 0 Å². The van der Waals surface area contributed by atoms with Gasteiger partial charge in [-0.3, -0.25) is 0 Å². The number of benzene rings is 9. The normalized spacial score (nSPS) is 11.5. The molecule has 10 aromatic rings. The van der Waals surface area contributed by atoms with E-state index in [2.05, 4.69) is 204 Å². The molecule has 0 spiro atoms. The van der Waals surface area contributed by atoms with Gasteiger partial charge in [0.25, 0.3) is 0 Å². The molecule has 0 saturated heterocycles. The number of fused-ring (bicyclic) bond motifs is 7. The minimum absolute atomic E-state index is 1.11. The third-order valence-electron chi connectivity index (χ3n) is 9.94. The Hall–Kier alpha value is -6.42. The van der Waals surface area contributed by atoms with Crippen molar-refractivity contribution in [3.63, 3.8) is 0 Å². The minimum Gasteiger partial charge on any atom is -0.310 e. The molecule has 0 bridgehead atoms. The summed E-state index contributed by atoms with van der Waals surface area (Å²) < 4.78 is 2.56. The summed E-state index contributed by atoms with van der Waals surface area (Å²) in [5, 5.41) is 9.96. The van der Waals surface area contributed by atoms with Crippen molar-refractivity contribution in [1.29, 1.82) is 0 Å². The summed E-state index contributed by atoms with van der Waals surface area (Å²) in [5.74, 6) is 0. The van der Waals surface area contributed by atoms with E-state index in [0.717, 1.165) is 34.1 Å². The van der Waals surface area contributed by atoms with Crippen LogP contribution in [0, 0.1) is 0 Å². The van der Waals surface area contributed by atoms with Crippen molar-refractivity contribution in [2.24, 2.45) is 0 Å². The van der Waals surface area contributed by atoms with Crippen molar-refractivity contribution in [1.82, 2.24) is 0 Å². The van der Waals surface area contributed by atoms with Gasteiger partial charge in [0.2, 0.25) is 0 Å². The summed E-state index contributed by atoms with van der Waals surface area (Å²) in [6, 6.07) is 70.5. The summed E-state index contributed by atoms with van der Waals surface area (Å²) >= 11 is 1.89. The number of hydrogen-bond acceptors (Lipinski definition) is 3. The maximum Gasteiger partial charge on any atom is 0.0575 e. The summed E-state index contributed by atoms with van der Waals surface area (Å²) in [7, 11) is 0. The van der Waals surface area contributed by atoms with E-state index in [-0.39, 0.29) is 0 Å². The first-order valence-corrected chi connectivity index (χ1v) is 18.2. The van der Waals surface area contributed by atoms with Crippen LogP contribution in [-0.2, 0) is 0 Å². The van der Waals surface area contributed by atoms with Gasteiger partial charge in [-0.25, -0.2) is 0 Å². The Kier molecular flexibility index (Phi) is 7.04. The number of hydrogen-bond donors (Lipinski definition) is 0. The first kappa shape index (κ1) is 29.5. The highest BCUT2D eigenvalue weighted by molar-refractivity contribution is 7.26. The Balaban J connectivity index is 1.31. The van der Waals surface area contributed by atoms with Crippen LogP contribution in [0.4, 0.5) is 34.1 Å². The highest BCUT2D eigenvalue weighted by atomic mass is 32.1. The van der Waals surface area contributed by atoms with Crippen LogP contribution in [0.1, 0.15) is 0 Å². The minimum atomic E-state index is 1.11. The molecule has 0 aliphatic carbocycles. The quantitative estimate of drug-likeness (QED) is 0.174. The monoisotopic (exact) mass is 668 g/mol. The SMILES string of the molecule is c1ccc(N(c2ccc3ccccc3c2)c2cc(N(c3ccccc3)c3ccc4ccccc4c3)c3c(c2)sc2c4ccccc4ccc23)cc1. The maximum atomic E-state index is 2.45. The van der Waals surface area contributed by atoms with Gasteiger partial charge in [-0.15, -0.1) is 11.3 Å². The molecule has 0 N–H and O–H groups in total. The molecule has 0 unspecified atom stereocenters. The zero-order valence-corrected chi connectivity index (χ0v) is 28.6. The third-order valence-corrected chi connectivity index (χ3v) is 11.1. The third kappa shape index (κ3) is 5.10. The molecule has 0 saturated carbocycles. The zero-order chi connectivity index (χ0) is 33.7. The van der Waals surface area contributed by atoms with E-state index in [9.17, 15) is 0 Å².